The van der Waals surface area contributed by atoms with E-state index in [4.69, 9.17) is 18.3 Å². The zero-order valence-corrected chi connectivity index (χ0v) is 22.9. The molecule has 35 heavy (non-hydrogen) atoms. The van der Waals surface area contributed by atoms with Crippen molar-refractivity contribution < 1.29 is 97.6 Å². The molecule has 0 aliphatic heterocycles. The van der Waals surface area contributed by atoms with Crippen LogP contribution in [-0.4, -0.2) is 30.9 Å². The molecular formula is C23H15Na2O10-. The predicted octanol–water partition coefficient (Wildman–Crippen LogP) is -4.60. The Labute approximate surface area is 241 Å². The third kappa shape index (κ3) is 6.83. The van der Waals surface area contributed by atoms with Gasteiger partial charge in [0.25, 0.3) is 0 Å². The van der Waals surface area contributed by atoms with E-state index in [0.29, 0.717) is 12.2 Å². The second kappa shape index (κ2) is 13.6. The predicted molar refractivity (Wildman–Crippen MR) is 112 cm³/mol. The quantitative estimate of drug-likeness (QED) is 0.131. The smallest absolute Gasteiger partial charge is 0.870 e. The van der Waals surface area contributed by atoms with Gasteiger partial charge >= 0.3 is 59.1 Å². The molecule has 0 saturated carbocycles. The molecule has 170 valence electrons. The van der Waals surface area contributed by atoms with Gasteiger partial charge in [-0.15, -0.1) is 6.07 Å². The van der Waals surface area contributed by atoms with Crippen LogP contribution < -0.4 is 84.6 Å². The van der Waals surface area contributed by atoms with Crippen molar-refractivity contribution >= 4 is 34.2 Å². The number of ether oxygens (including phenoxy) is 2. The van der Waals surface area contributed by atoms with E-state index in [1.807, 2.05) is 0 Å². The molecule has 2 aromatic carbocycles. The van der Waals surface area contributed by atoms with Crippen molar-refractivity contribution in [1.29, 1.82) is 0 Å². The van der Waals surface area contributed by atoms with Crippen LogP contribution in [0.25, 0.3) is 21.9 Å². The molecule has 0 amide bonds. The third-order valence-corrected chi connectivity index (χ3v) is 4.54. The number of benzene rings is 2. The summed E-state index contributed by atoms with van der Waals surface area (Å²) in [5, 5.41) is 11.3. The summed E-state index contributed by atoms with van der Waals surface area (Å²) in [7, 11) is 0. The normalized spacial score (nSPS) is 9.94. The van der Waals surface area contributed by atoms with Gasteiger partial charge in [-0.05, 0) is 24.3 Å². The molecular weight excluding hydrogens is 482 g/mol. The van der Waals surface area contributed by atoms with Crippen LogP contribution in [0.15, 0.2) is 67.0 Å². The molecule has 0 unspecified atom stereocenters. The molecule has 0 atom stereocenters. The van der Waals surface area contributed by atoms with E-state index in [2.05, 4.69) is 0 Å². The first-order valence-corrected chi connectivity index (χ1v) is 9.47. The maximum absolute atomic E-state index is 12.3. The molecule has 0 fully saturated rings. The van der Waals surface area contributed by atoms with Crippen LogP contribution >= 0.6 is 0 Å². The topological polar surface area (TPSA) is 166 Å². The average molecular weight is 497 g/mol. The Morgan fingerprint density at radius 1 is 0.857 bits per heavy atom. The Hall–Kier alpha value is -2.44. The van der Waals surface area contributed by atoms with Gasteiger partial charge in [0, 0.05) is 24.5 Å². The fraction of sp³-hybridized carbons (Fsp3) is 0.130. The number of aromatic carboxylic acids is 1. The largest absolute Gasteiger partial charge is 1.00 e. The Bertz CT molecular complexity index is 1460. The average Bonchev–Trinajstić information content (AvgIpc) is 2.78. The van der Waals surface area contributed by atoms with Gasteiger partial charge in [-0.25, -0.2) is 0 Å². The van der Waals surface area contributed by atoms with E-state index in [-0.39, 0.29) is 111 Å². The minimum atomic E-state index is -1.59. The van der Waals surface area contributed by atoms with E-state index in [9.17, 15) is 24.3 Å². The van der Waals surface area contributed by atoms with Crippen molar-refractivity contribution in [2.75, 3.05) is 13.2 Å². The number of rotatable bonds is 8. The van der Waals surface area contributed by atoms with Crippen LogP contribution in [0.1, 0.15) is 22.7 Å². The van der Waals surface area contributed by atoms with Gasteiger partial charge in [-0.2, -0.15) is 0 Å². The van der Waals surface area contributed by atoms with Crippen molar-refractivity contribution in [2.45, 2.75) is 6.42 Å². The number of hydrogen-bond donors (Lipinski definition) is 0. The van der Waals surface area contributed by atoms with Crippen LogP contribution in [0.3, 0.4) is 0 Å². The van der Waals surface area contributed by atoms with E-state index in [0.717, 1.165) is 12.1 Å². The number of carbonyl (C=O) groups excluding carboxylic acids is 2. The van der Waals surface area contributed by atoms with Crippen LogP contribution in [0.4, 0.5) is 0 Å². The molecule has 0 bridgehead atoms. The summed E-state index contributed by atoms with van der Waals surface area (Å²) in [4.78, 5) is 46.2. The van der Waals surface area contributed by atoms with Crippen molar-refractivity contribution in [3.8, 4) is 11.5 Å². The van der Waals surface area contributed by atoms with Crippen molar-refractivity contribution in [3.63, 3.8) is 0 Å². The summed E-state index contributed by atoms with van der Waals surface area (Å²) in [6.07, 6.45) is 1.95. The monoisotopic (exact) mass is 497 g/mol. The molecule has 0 saturated heterocycles. The second-order valence-electron chi connectivity index (χ2n) is 6.65. The van der Waals surface area contributed by atoms with Crippen molar-refractivity contribution in [3.05, 3.63) is 80.5 Å². The first kappa shape index (κ1) is 30.6. The molecule has 2 heterocycles. The van der Waals surface area contributed by atoms with E-state index < -0.39 is 22.6 Å². The van der Waals surface area contributed by atoms with Crippen LogP contribution in [0.5, 0.6) is 11.5 Å². The number of fused-ring (bicyclic) bond motifs is 2. The molecule has 0 aliphatic rings. The SMILES string of the molecule is O=[C-]c1cc(=O)c2c(OCCCOc3cccc4oc(C(=O)[O-])cc(=O)c34)cccc2o1.[Na+].[Na+].[OH-]. The van der Waals surface area contributed by atoms with Gasteiger partial charge < -0.3 is 43.3 Å². The molecule has 0 spiro atoms. The zero-order valence-electron chi connectivity index (χ0n) is 18.9. The van der Waals surface area contributed by atoms with Gasteiger partial charge in [0.05, 0.1) is 18.6 Å². The van der Waals surface area contributed by atoms with Crippen LogP contribution in [0.2, 0.25) is 0 Å². The maximum atomic E-state index is 12.3. The Morgan fingerprint density at radius 3 is 1.89 bits per heavy atom. The van der Waals surface area contributed by atoms with Gasteiger partial charge in [-0.3, -0.25) is 4.79 Å². The summed E-state index contributed by atoms with van der Waals surface area (Å²) < 4.78 is 21.8. The second-order valence-corrected chi connectivity index (χ2v) is 6.65. The van der Waals surface area contributed by atoms with Gasteiger partial charge in [0.15, 0.2) is 11.2 Å². The van der Waals surface area contributed by atoms with Crippen LogP contribution in [0, 0.1) is 0 Å². The molecule has 2 aromatic heterocycles. The number of hydrogen-bond acceptors (Lipinski definition) is 10. The zero-order chi connectivity index (χ0) is 22.7. The van der Waals surface area contributed by atoms with Gasteiger partial charge in [-0.1, -0.05) is 12.1 Å². The molecule has 0 radical (unpaired) electrons. The number of carboxylic acid groups (broad SMARTS) is 1. The number of carboxylic acids is 1. The van der Waals surface area contributed by atoms with Crippen molar-refractivity contribution in [2.24, 2.45) is 0 Å². The standard InChI is InChI=1S/C23H15O9.2Na.H2O/c24-12-13-10-14(25)21-16(4-1-6-18(21)31-13)29-8-3-9-30-17-5-2-7-19-22(17)15(26)11-20(32-19)23(27)28;;;/h1-2,4-7,10-11H,3,8-9H2,(H,27,28);;;1H2/q-1;2*+1;/p-2. The van der Waals surface area contributed by atoms with E-state index in [1.165, 1.54) is 6.07 Å². The molecule has 10 nitrogen and oxygen atoms in total. The minimum Gasteiger partial charge on any atom is -0.870 e. The van der Waals surface area contributed by atoms with E-state index in [1.54, 1.807) is 36.6 Å². The fourth-order valence-electron chi connectivity index (χ4n) is 3.17. The molecule has 0 aliphatic carbocycles. The summed E-state index contributed by atoms with van der Waals surface area (Å²) >= 11 is 0. The fourth-order valence-corrected chi connectivity index (χ4v) is 3.17. The summed E-state index contributed by atoms with van der Waals surface area (Å²) in [6, 6.07) is 11.3. The van der Waals surface area contributed by atoms with Crippen LogP contribution in [-0.2, 0) is 4.79 Å². The van der Waals surface area contributed by atoms with Gasteiger partial charge in [0.2, 0.25) is 0 Å². The van der Waals surface area contributed by atoms with Gasteiger partial charge in [0.1, 0.15) is 39.4 Å². The summed E-state index contributed by atoms with van der Waals surface area (Å²) in [5.41, 5.74) is -0.704. The van der Waals surface area contributed by atoms with Crippen molar-refractivity contribution in [1.82, 2.24) is 0 Å². The molecule has 4 aromatic rings. The summed E-state index contributed by atoms with van der Waals surface area (Å²) in [6.45, 7) is 0.360. The maximum Gasteiger partial charge on any atom is 1.00 e. The third-order valence-electron chi connectivity index (χ3n) is 4.54. The Kier molecular flexibility index (Phi) is 11.9. The first-order valence-electron chi connectivity index (χ1n) is 9.47. The minimum absolute atomic E-state index is 0. The number of carbonyl (C=O) groups is 1. The molecule has 12 heteroatoms. The first-order chi connectivity index (χ1) is 15.5. The van der Waals surface area contributed by atoms with E-state index >= 15 is 0 Å². The molecule has 4 rings (SSSR count). The Morgan fingerprint density at radius 2 is 1.37 bits per heavy atom. The molecule has 1 N–H and O–H groups in total. The summed E-state index contributed by atoms with van der Waals surface area (Å²) in [5.74, 6) is -1.81. The Balaban J connectivity index is 0.00000204.